The minimum absolute atomic E-state index is 0.0352. The second kappa shape index (κ2) is 9.67. The molecule has 10 nitrogen and oxygen atoms in total. The first-order valence-corrected chi connectivity index (χ1v) is 11.3. The number of carbonyl (C=O) groups excluding carboxylic acids is 1. The zero-order chi connectivity index (χ0) is 25.9. The van der Waals surface area contributed by atoms with Crippen molar-refractivity contribution in [2.75, 3.05) is 5.32 Å². The highest BCUT2D eigenvalue weighted by molar-refractivity contribution is 6.11. The first kappa shape index (κ1) is 23.3. The molecule has 0 unspecified atom stereocenters. The topological polar surface area (TPSA) is 141 Å². The lowest BCUT2D eigenvalue weighted by molar-refractivity contribution is 0.102. The normalized spacial score (nSPS) is 11.1. The van der Waals surface area contributed by atoms with Crippen molar-refractivity contribution in [3.05, 3.63) is 95.4 Å². The molecule has 0 fully saturated rings. The van der Waals surface area contributed by atoms with Gasteiger partial charge in [-0.15, -0.1) is 10.2 Å². The molecule has 5 aromatic rings. The summed E-state index contributed by atoms with van der Waals surface area (Å²) in [5.41, 5.74) is 2.88. The van der Waals surface area contributed by atoms with Crippen molar-refractivity contribution in [1.82, 2.24) is 19.7 Å². The third-order valence-electron chi connectivity index (χ3n) is 5.65. The highest BCUT2D eigenvalue weighted by atomic mass is 16.3. The summed E-state index contributed by atoms with van der Waals surface area (Å²) in [5.74, 6) is -0.552. The van der Waals surface area contributed by atoms with Gasteiger partial charge in [0.1, 0.15) is 17.3 Å². The number of rotatable bonds is 5. The third-order valence-corrected chi connectivity index (χ3v) is 5.65. The summed E-state index contributed by atoms with van der Waals surface area (Å²) < 4.78 is 1.28. The van der Waals surface area contributed by atoms with Gasteiger partial charge in [-0.25, -0.2) is 9.97 Å². The van der Waals surface area contributed by atoms with Gasteiger partial charge in [-0.3, -0.25) is 4.79 Å². The maximum atomic E-state index is 13.2. The Bertz CT molecular complexity index is 1700. The van der Waals surface area contributed by atoms with Gasteiger partial charge in [0.15, 0.2) is 11.6 Å². The number of hydrogen-bond acceptors (Lipinski definition) is 8. The number of aromatic hydroxyl groups is 1. The lowest BCUT2D eigenvalue weighted by Crippen LogP contribution is -2.12. The molecule has 0 spiro atoms. The maximum Gasteiger partial charge on any atom is 0.259 e. The van der Waals surface area contributed by atoms with Crippen LogP contribution in [0.2, 0.25) is 0 Å². The number of anilines is 1. The number of hydrogen-bond donors (Lipinski definition) is 2. The molecule has 0 radical (unpaired) electrons. The van der Waals surface area contributed by atoms with E-state index in [9.17, 15) is 15.2 Å². The zero-order valence-electron chi connectivity index (χ0n) is 19.9. The molecule has 1 amide bonds. The molecule has 10 heteroatoms. The van der Waals surface area contributed by atoms with E-state index >= 15 is 0 Å². The van der Waals surface area contributed by atoms with E-state index in [1.807, 2.05) is 44.2 Å². The summed E-state index contributed by atoms with van der Waals surface area (Å²) in [6.07, 6.45) is 4.40. The van der Waals surface area contributed by atoms with Crippen molar-refractivity contribution in [2.45, 2.75) is 13.8 Å². The van der Waals surface area contributed by atoms with Gasteiger partial charge >= 0.3 is 0 Å². The largest absolute Gasteiger partial charge is 0.505 e. The molecule has 3 aromatic carbocycles. The molecule has 2 heterocycles. The van der Waals surface area contributed by atoms with Crippen LogP contribution in [0.5, 0.6) is 5.75 Å². The standard InChI is InChI=1S/C27H20N8O2/c1-16-4-7-20(8-5-16)32-26(37)22-13-18-12-17(2)6-9-21(18)23(24(22)36)33-34-25-19(14-28)15-31-35(25)27-29-10-3-11-30-27/h3-13,15,36H,1-2H3,(H,32,37)/b34-33+. The Morgan fingerprint density at radius 1 is 1.03 bits per heavy atom. The summed E-state index contributed by atoms with van der Waals surface area (Å²) in [7, 11) is 0. The second-order valence-electron chi connectivity index (χ2n) is 8.32. The second-order valence-corrected chi connectivity index (χ2v) is 8.32. The lowest BCUT2D eigenvalue weighted by Gasteiger charge is -2.12. The number of fused-ring (bicyclic) bond motifs is 1. The molecule has 180 valence electrons. The number of phenolic OH excluding ortho intramolecular Hbond substituents is 1. The van der Waals surface area contributed by atoms with Crippen molar-refractivity contribution in [2.24, 2.45) is 10.2 Å². The van der Waals surface area contributed by atoms with Gasteiger partial charge in [-0.1, -0.05) is 41.5 Å². The highest BCUT2D eigenvalue weighted by Gasteiger charge is 2.20. The number of amides is 1. The molecule has 0 saturated carbocycles. The van der Waals surface area contributed by atoms with Crippen LogP contribution in [-0.2, 0) is 0 Å². The van der Waals surface area contributed by atoms with E-state index in [1.165, 1.54) is 23.3 Å². The maximum absolute atomic E-state index is 13.2. The minimum atomic E-state index is -0.498. The molecule has 0 saturated heterocycles. The highest BCUT2D eigenvalue weighted by Crippen LogP contribution is 2.40. The van der Waals surface area contributed by atoms with Crippen molar-refractivity contribution in [3.63, 3.8) is 0 Å². The van der Waals surface area contributed by atoms with Crippen LogP contribution in [0.25, 0.3) is 16.7 Å². The number of aryl methyl sites for hydroxylation is 2. The number of aromatic nitrogens is 4. The Morgan fingerprint density at radius 2 is 1.76 bits per heavy atom. The lowest BCUT2D eigenvalue weighted by atomic mass is 10.0. The number of phenols is 1. The Labute approximate surface area is 211 Å². The van der Waals surface area contributed by atoms with Crippen LogP contribution in [0.4, 0.5) is 17.2 Å². The van der Waals surface area contributed by atoms with Crippen LogP contribution in [0.3, 0.4) is 0 Å². The molecule has 37 heavy (non-hydrogen) atoms. The van der Waals surface area contributed by atoms with Crippen molar-refractivity contribution >= 4 is 33.9 Å². The fourth-order valence-corrected chi connectivity index (χ4v) is 3.77. The Kier molecular flexibility index (Phi) is 6.10. The number of carbonyl (C=O) groups is 1. The molecule has 0 aliphatic carbocycles. The Morgan fingerprint density at radius 3 is 2.49 bits per heavy atom. The fourth-order valence-electron chi connectivity index (χ4n) is 3.77. The molecule has 0 atom stereocenters. The molecule has 0 bridgehead atoms. The van der Waals surface area contributed by atoms with Crippen molar-refractivity contribution < 1.29 is 9.90 Å². The van der Waals surface area contributed by atoms with Gasteiger partial charge in [0.25, 0.3) is 11.9 Å². The van der Waals surface area contributed by atoms with Crippen LogP contribution in [0, 0.1) is 25.2 Å². The molecule has 5 rings (SSSR count). The van der Waals surface area contributed by atoms with Crippen LogP contribution in [0.15, 0.2) is 83.4 Å². The number of nitrogens with zero attached hydrogens (tertiary/aromatic N) is 7. The van der Waals surface area contributed by atoms with Crippen molar-refractivity contribution in [1.29, 1.82) is 5.26 Å². The van der Waals surface area contributed by atoms with Crippen molar-refractivity contribution in [3.8, 4) is 17.8 Å². The SMILES string of the molecule is Cc1ccc(NC(=O)c2cc3cc(C)ccc3c(/N=N/c3c(C#N)cnn3-c3ncccn3)c2O)cc1. The zero-order valence-corrected chi connectivity index (χ0v) is 19.9. The van der Waals surface area contributed by atoms with Gasteiger partial charge < -0.3 is 10.4 Å². The molecule has 2 aromatic heterocycles. The summed E-state index contributed by atoms with van der Waals surface area (Å²) in [6.45, 7) is 3.88. The molecule has 0 aliphatic rings. The van der Waals surface area contributed by atoms with E-state index in [-0.39, 0.29) is 34.3 Å². The smallest absolute Gasteiger partial charge is 0.259 e. The Balaban J connectivity index is 1.62. The molecule has 0 aliphatic heterocycles. The van der Waals surface area contributed by atoms with Crippen LogP contribution in [0.1, 0.15) is 27.0 Å². The van der Waals surface area contributed by atoms with Gasteiger partial charge in [0.05, 0.1) is 11.8 Å². The van der Waals surface area contributed by atoms with E-state index in [1.54, 1.807) is 30.3 Å². The van der Waals surface area contributed by atoms with E-state index in [0.717, 1.165) is 11.1 Å². The van der Waals surface area contributed by atoms with Gasteiger partial charge in [0, 0.05) is 23.5 Å². The fraction of sp³-hybridized carbons (Fsp3) is 0.0741. The van der Waals surface area contributed by atoms with Gasteiger partial charge in [-0.2, -0.15) is 15.0 Å². The first-order chi connectivity index (χ1) is 17.9. The molecular weight excluding hydrogens is 468 g/mol. The number of azo groups is 1. The van der Waals surface area contributed by atoms with E-state index in [0.29, 0.717) is 16.5 Å². The predicted molar refractivity (Wildman–Crippen MR) is 138 cm³/mol. The quantitative estimate of drug-likeness (QED) is 0.305. The van der Waals surface area contributed by atoms with Crippen LogP contribution in [-0.4, -0.2) is 30.8 Å². The summed E-state index contributed by atoms with van der Waals surface area (Å²) in [4.78, 5) is 21.5. The molecule has 2 N–H and O–H groups in total. The average Bonchev–Trinajstić information content (AvgIpc) is 3.32. The first-order valence-electron chi connectivity index (χ1n) is 11.3. The van der Waals surface area contributed by atoms with Gasteiger partial charge in [0.2, 0.25) is 0 Å². The summed E-state index contributed by atoms with van der Waals surface area (Å²) in [6, 6.07) is 18.2. The number of benzene rings is 3. The molecular formula is C27H20N8O2. The third kappa shape index (κ3) is 4.61. The van der Waals surface area contributed by atoms with E-state index < -0.39 is 5.91 Å². The monoisotopic (exact) mass is 488 g/mol. The van der Waals surface area contributed by atoms with E-state index in [2.05, 4.69) is 30.6 Å². The average molecular weight is 489 g/mol. The summed E-state index contributed by atoms with van der Waals surface area (Å²) in [5, 5.41) is 37.5. The number of nitriles is 1. The predicted octanol–water partition coefficient (Wildman–Crippen LogP) is 5.68. The number of nitrogens with one attached hydrogen (secondary N) is 1. The van der Waals surface area contributed by atoms with Crippen LogP contribution < -0.4 is 5.32 Å². The minimum Gasteiger partial charge on any atom is -0.505 e. The van der Waals surface area contributed by atoms with Crippen LogP contribution >= 0.6 is 0 Å². The van der Waals surface area contributed by atoms with E-state index in [4.69, 9.17) is 0 Å². The van der Waals surface area contributed by atoms with Gasteiger partial charge in [-0.05, 0) is 43.5 Å². The summed E-state index contributed by atoms with van der Waals surface area (Å²) >= 11 is 0. The Hall–Kier alpha value is -5.43.